The molecule has 0 amide bonds. The number of nitrogens with one attached hydrogen (secondary N) is 1. The predicted octanol–water partition coefficient (Wildman–Crippen LogP) is 2.55. The third kappa shape index (κ3) is 2.92. The molecule has 0 bridgehead atoms. The number of rotatable bonds is 4. The molecule has 0 radical (unpaired) electrons. The SMILES string of the molecule is CNCc1ccnn1Cc1ccc(F)c(Br)c1. The van der Waals surface area contributed by atoms with Gasteiger partial charge in [-0.3, -0.25) is 4.68 Å². The number of halogens is 2. The molecule has 0 saturated carbocycles. The quantitative estimate of drug-likeness (QED) is 0.940. The van der Waals surface area contributed by atoms with E-state index in [0.29, 0.717) is 11.0 Å². The second-order valence-electron chi connectivity index (χ2n) is 3.76. The van der Waals surface area contributed by atoms with Gasteiger partial charge in [0.25, 0.3) is 0 Å². The minimum atomic E-state index is -0.246. The van der Waals surface area contributed by atoms with E-state index in [4.69, 9.17) is 0 Å². The van der Waals surface area contributed by atoms with Crippen LogP contribution in [0.3, 0.4) is 0 Å². The third-order valence-electron chi connectivity index (χ3n) is 2.48. The second-order valence-corrected chi connectivity index (χ2v) is 4.61. The number of hydrogen-bond acceptors (Lipinski definition) is 2. The maximum absolute atomic E-state index is 13.1. The molecular formula is C12H13BrFN3. The summed E-state index contributed by atoms with van der Waals surface area (Å²) < 4.78 is 15.5. The highest BCUT2D eigenvalue weighted by Gasteiger charge is 2.04. The Morgan fingerprint density at radius 2 is 2.24 bits per heavy atom. The molecule has 0 saturated heterocycles. The van der Waals surface area contributed by atoms with Crippen LogP contribution in [0.25, 0.3) is 0 Å². The zero-order chi connectivity index (χ0) is 12.3. The van der Waals surface area contributed by atoms with Crippen LogP contribution in [0.2, 0.25) is 0 Å². The summed E-state index contributed by atoms with van der Waals surface area (Å²) in [5, 5.41) is 7.34. The first kappa shape index (κ1) is 12.3. The van der Waals surface area contributed by atoms with Crippen molar-refractivity contribution in [2.24, 2.45) is 0 Å². The molecule has 0 aliphatic heterocycles. The van der Waals surface area contributed by atoms with E-state index < -0.39 is 0 Å². The lowest BCUT2D eigenvalue weighted by Crippen LogP contribution is -2.13. The van der Waals surface area contributed by atoms with E-state index >= 15 is 0 Å². The van der Waals surface area contributed by atoms with Crippen molar-refractivity contribution < 1.29 is 4.39 Å². The van der Waals surface area contributed by atoms with Crippen LogP contribution < -0.4 is 5.32 Å². The van der Waals surface area contributed by atoms with Gasteiger partial charge in [0.15, 0.2) is 0 Å². The Bertz CT molecular complexity index is 510. The van der Waals surface area contributed by atoms with Crippen molar-refractivity contribution in [1.82, 2.24) is 15.1 Å². The Hall–Kier alpha value is -1.20. The van der Waals surface area contributed by atoms with Crippen molar-refractivity contribution in [3.8, 4) is 0 Å². The molecule has 2 rings (SSSR count). The number of nitrogens with zero attached hydrogens (tertiary/aromatic N) is 2. The lowest BCUT2D eigenvalue weighted by Gasteiger charge is -2.08. The van der Waals surface area contributed by atoms with E-state index in [2.05, 4.69) is 26.3 Å². The molecule has 0 aliphatic rings. The summed E-state index contributed by atoms with van der Waals surface area (Å²) in [4.78, 5) is 0. The average molecular weight is 298 g/mol. The summed E-state index contributed by atoms with van der Waals surface area (Å²) in [6.45, 7) is 1.41. The normalized spacial score (nSPS) is 10.8. The topological polar surface area (TPSA) is 29.9 Å². The summed E-state index contributed by atoms with van der Waals surface area (Å²) >= 11 is 3.18. The van der Waals surface area contributed by atoms with E-state index in [-0.39, 0.29) is 5.82 Å². The average Bonchev–Trinajstić information content (AvgIpc) is 2.72. The summed E-state index contributed by atoms with van der Waals surface area (Å²) in [6, 6.07) is 6.97. The maximum atomic E-state index is 13.1. The minimum Gasteiger partial charge on any atom is -0.314 e. The summed E-state index contributed by atoms with van der Waals surface area (Å²) in [5.74, 6) is -0.246. The van der Waals surface area contributed by atoms with Crippen molar-refractivity contribution in [2.45, 2.75) is 13.1 Å². The van der Waals surface area contributed by atoms with Gasteiger partial charge in [0.2, 0.25) is 0 Å². The van der Waals surface area contributed by atoms with Gasteiger partial charge in [0.1, 0.15) is 5.82 Å². The van der Waals surface area contributed by atoms with E-state index in [1.54, 1.807) is 18.3 Å². The minimum absolute atomic E-state index is 0.246. The van der Waals surface area contributed by atoms with Gasteiger partial charge in [0.05, 0.1) is 16.7 Å². The molecule has 1 aromatic heterocycles. The highest BCUT2D eigenvalue weighted by atomic mass is 79.9. The van der Waals surface area contributed by atoms with Crippen LogP contribution >= 0.6 is 15.9 Å². The molecule has 1 heterocycles. The number of hydrogen-bond donors (Lipinski definition) is 1. The van der Waals surface area contributed by atoms with Crippen LogP contribution in [-0.4, -0.2) is 16.8 Å². The van der Waals surface area contributed by atoms with E-state index in [1.165, 1.54) is 6.07 Å². The van der Waals surface area contributed by atoms with Gasteiger partial charge in [-0.05, 0) is 46.7 Å². The van der Waals surface area contributed by atoms with Crippen LogP contribution in [0, 0.1) is 5.82 Å². The molecular weight excluding hydrogens is 285 g/mol. The van der Waals surface area contributed by atoms with Gasteiger partial charge in [-0.1, -0.05) is 6.07 Å². The molecule has 90 valence electrons. The predicted molar refractivity (Wildman–Crippen MR) is 68.2 cm³/mol. The first-order chi connectivity index (χ1) is 8.20. The van der Waals surface area contributed by atoms with Crippen molar-refractivity contribution in [3.63, 3.8) is 0 Å². The van der Waals surface area contributed by atoms with Gasteiger partial charge in [-0.25, -0.2) is 4.39 Å². The first-order valence-electron chi connectivity index (χ1n) is 5.30. The molecule has 0 fully saturated rings. The number of benzene rings is 1. The van der Waals surface area contributed by atoms with Crippen LogP contribution in [0.5, 0.6) is 0 Å². The van der Waals surface area contributed by atoms with Gasteiger partial charge in [-0.2, -0.15) is 5.10 Å². The van der Waals surface area contributed by atoms with E-state index in [1.807, 2.05) is 17.8 Å². The lowest BCUT2D eigenvalue weighted by molar-refractivity contribution is 0.609. The monoisotopic (exact) mass is 297 g/mol. The smallest absolute Gasteiger partial charge is 0.137 e. The van der Waals surface area contributed by atoms with Crippen LogP contribution in [0.1, 0.15) is 11.3 Å². The third-order valence-corrected chi connectivity index (χ3v) is 3.09. The van der Waals surface area contributed by atoms with Gasteiger partial charge >= 0.3 is 0 Å². The Morgan fingerprint density at radius 3 is 2.94 bits per heavy atom. The Labute approximate surface area is 108 Å². The summed E-state index contributed by atoms with van der Waals surface area (Å²) in [6.07, 6.45) is 1.77. The summed E-state index contributed by atoms with van der Waals surface area (Å²) in [5.41, 5.74) is 2.12. The zero-order valence-electron chi connectivity index (χ0n) is 9.45. The molecule has 0 atom stereocenters. The number of aromatic nitrogens is 2. The van der Waals surface area contributed by atoms with Gasteiger partial charge < -0.3 is 5.32 Å². The summed E-state index contributed by atoms with van der Waals surface area (Å²) in [7, 11) is 1.89. The molecule has 2 aromatic rings. The lowest BCUT2D eigenvalue weighted by atomic mass is 10.2. The molecule has 1 N–H and O–H groups in total. The molecule has 17 heavy (non-hydrogen) atoms. The molecule has 3 nitrogen and oxygen atoms in total. The standard InChI is InChI=1S/C12H13BrFN3/c1-15-7-10-4-5-16-17(10)8-9-2-3-12(14)11(13)6-9/h2-6,15H,7-8H2,1H3. The molecule has 5 heteroatoms. The van der Waals surface area contributed by atoms with Crippen LogP contribution in [0.15, 0.2) is 34.9 Å². The molecule has 0 aliphatic carbocycles. The van der Waals surface area contributed by atoms with E-state index in [9.17, 15) is 4.39 Å². The van der Waals surface area contributed by atoms with Crippen LogP contribution in [0.4, 0.5) is 4.39 Å². The van der Waals surface area contributed by atoms with Crippen molar-refractivity contribution in [3.05, 3.63) is 52.0 Å². The van der Waals surface area contributed by atoms with Gasteiger partial charge in [-0.15, -0.1) is 0 Å². The van der Waals surface area contributed by atoms with Gasteiger partial charge in [0, 0.05) is 12.7 Å². The highest BCUT2D eigenvalue weighted by Crippen LogP contribution is 2.17. The Balaban J connectivity index is 2.19. The fraction of sp³-hybridized carbons (Fsp3) is 0.250. The molecule has 0 spiro atoms. The second kappa shape index (κ2) is 5.42. The largest absolute Gasteiger partial charge is 0.314 e. The molecule has 0 unspecified atom stereocenters. The highest BCUT2D eigenvalue weighted by molar-refractivity contribution is 9.10. The van der Waals surface area contributed by atoms with Crippen molar-refractivity contribution in [2.75, 3.05) is 7.05 Å². The Kier molecular flexibility index (Phi) is 3.91. The maximum Gasteiger partial charge on any atom is 0.137 e. The van der Waals surface area contributed by atoms with Crippen LogP contribution in [-0.2, 0) is 13.1 Å². The van der Waals surface area contributed by atoms with Crippen molar-refractivity contribution >= 4 is 15.9 Å². The Morgan fingerprint density at radius 1 is 1.41 bits per heavy atom. The zero-order valence-corrected chi connectivity index (χ0v) is 11.0. The van der Waals surface area contributed by atoms with E-state index in [0.717, 1.165) is 17.8 Å². The fourth-order valence-corrected chi connectivity index (χ4v) is 2.07. The molecule has 1 aromatic carbocycles. The first-order valence-corrected chi connectivity index (χ1v) is 6.09. The fourth-order valence-electron chi connectivity index (χ4n) is 1.64. The van der Waals surface area contributed by atoms with Crippen molar-refractivity contribution in [1.29, 1.82) is 0 Å².